The molecule has 0 saturated heterocycles. The average molecular weight is 323 g/mol. The van der Waals surface area contributed by atoms with Gasteiger partial charge in [-0.05, 0) is 23.3 Å². The van der Waals surface area contributed by atoms with Crippen molar-refractivity contribution >= 4 is 17.7 Å². The van der Waals surface area contributed by atoms with Crippen molar-refractivity contribution in [2.45, 2.75) is 13.0 Å². The van der Waals surface area contributed by atoms with Crippen molar-refractivity contribution < 1.29 is 14.3 Å². The first kappa shape index (κ1) is 17.0. The van der Waals surface area contributed by atoms with Crippen molar-refractivity contribution in [2.75, 3.05) is 11.9 Å². The molecule has 0 atom stereocenters. The number of hydrogen-bond acceptors (Lipinski definition) is 4. The molecule has 6 nitrogen and oxygen atoms in total. The van der Waals surface area contributed by atoms with Gasteiger partial charge in [-0.3, -0.25) is 4.79 Å². The molecule has 2 rings (SSSR count). The molecular formula is C18H17N3O3. The number of ether oxygens (including phenoxy) is 1. The minimum Gasteiger partial charge on any atom is -0.445 e. The molecule has 0 heterocycles. The molecule has 122 valence electrons. The van der Waals surface area contributed by atoms with Gasteiger partial charge in [-0.1, -0.05) is 42.5 Å². The fourth-order valence-corrected chi connectivity index (χ4v) is 1.93. The van der Waals surface area contributed by atoms with E-state index in [2.05, 4.69) is 16.7 Å². The lowest BCUT2D eigenvalue weighted by molar-refractivity contribution is -0.115. The van der Waals surface area contributed by atoms with Gasteiger partial charge in [0.15, 0.2) is 0 Å². The molecule has 24 heavy (non-hydrogen) atoms. The van der Waals surface area contributed by atoms with E-state index in [0.29, 0.717) is 12.1 Å². The second kappa shape index (κ2) is 8.96. The Bertz CT molecular complexity index is 721. The molecule has 0 aromatic heterocycles. The maximum absolute atomic E-state index is 11.8. The standard InChI is InChI=1S/C18H17N3O3/c19-11-10-14-6-8-16(9-7-14)21-17(22)12-20-18(23)24-13-15-4-2-1-3-5-15/h1-9H,10,12-13H2,(H,20,23)(H,21,22). The van der Waals surface area contributed by atoms with Gasteiger partial charge in [-0.25, -0.2) is 4.79 Å². The summed E-state index contributed by atoms with van der Waals surface area (Å²) in [6, 6.07) is 18.3. The van der Waals surface area contributed by atoms with Crippen molar-refractivity contribution in [3.63, 3.8) is 0 Å². The molecule has 0 aliphatic carbocycles. The Morgan fingerprint density at radius 1 is 1.00 bits per heavy atom. The van der Waals surface area contributed by atoms with Gasteiger partial charge in [-0.15, -0.1) is 0 Å². The monoisotopic (exact) mass is 323 g/mol. The highest BCUT2D eigenvalue weighted by molar-refractivity contribution is 5.93. The van der Waals surface area contributed by atoms with E-state index in [9.17, 15) is 9.59 Å². The van der Waals surface area contributed by atoms with Crippen LogP contribution in [0, 0.1) is 11.3 Å². The maximum atomic E-state index is 11.8. The Morgan fingerprint density at radius 3 is 2.38 bits per heavy atom. The van der Waals surface area contributed by atoms with Gasteiger partial charge in [0.2, 0.25) is 5.91 Å². The lowest BCUT2D eigenvalue weighted by Gasteiger charge is -2.08. The molecule has 0 unspecified atom stereocenters. The van der Waals surface area contributed by atoms with Gasteiger partial charge >= 0.3 is 6.09 Å². The predicted octanol–water partition coefficient (Wildman–Crippen LogP) is 2.62. The lowest BCUT2D eigenvalue weighted by atomic mass is 10.1. The molecule has 2 aromatic carbocycles. The summed E-state index contributed by atoms with van der Waals surface area (Å²) >= 11 is 0. The van der Waals surface area contributed by atoms with Crippen LogP contribution < -0.4 is 10.6 Å². The summed E-state index contributed by atoms with van der Waals surface area (Å²) < 4.78 is 5.01. The Kier molecular flexibility index (Phi) is 6.35. The third-order valence-corrected chi connectivity index (χ3v) is 3.13. The van der Waals surface area contributed by atoms with Crippen LogP contribution in [0.5, 0.6) is 0 Å². The first-order valence-electron chi connectivity index (χ1n) is 7.37. The lowest BCUT2D eigenvalue weighted by Crippen LogP contribution is -2.33. The van der Waals surface area contributed by atoms with Crippen LogP contribution in [-0.2, 0) is 22.6 Å². The highest BCUT2D eigenvalue weighted by atomic mass is 16.5. The molecule has 2 amide bonds. The second-order valence-corrected chi connectivity index (χ2v) is 5.00. The molecule has 0 fully saturated rings. The van der Waals surface area contributed by atoms with Crippen LogP contribution in [0.1, 0.15) is 11.1 Å². The Hall–Kier alpha value is -3.33. The number of alkyl carbamates (subject to hydrolysis) is 1. The molecule has 0 saturated carbocycles. The van der Waals surface area contributed by atoms with Gasteiger partial charge in [0.25, 0.3) is 0 Å². The molecule has 6 heteroatoms. The van der Waals surface area contributed by atoms with E-state index < -0.39 is 6.09 Å². The van der Waals surface area contributed by atoms with E-state index in [1.54, 1.807) is 24.3 Å². The average Bonchev–Trinajstić information content (AvgIpc) is 2.61. The van der Waals surface area contributed by atoms with Gasteiger partial charge in [0.05, 0.1) is 12.5 Å². The minimum atomic E-state index is -0.654. The topological polar surface area (TPSA) is 91.2 Å². The fraction of sp³-hybridized carbons (Fsp3) is 0.167. The number of anilines is 1. The van der Waals surface area contributed by atoms with Crippen LogP contribution in [0.15, 0.2) is 54.6 Å². The third-order valence-electron chi connectivity index (χ3n) is 3.13. The van der Waals surface area contributed by atoms with Crippen LogP contribution in [0.2, 0.25) is 0 Å². The normalized spacial score (nSPS) is 9.62. The number of carbonyl (C=O) groups excluding carboxylic acids is 2. The quantitative estimate of drug-likeness (QED) is 0.855. The summed E-state index contributed by atoms with van der Waals surface area (Å²) in [5.41, 5.74) is 2.34. The van der Waals surface area contributed by atoms with Crippen LogP contribution >= 0.6 is 0 Å². The smallest absolute Gasteiger partial charge is 0.407 e. The molecule has 0 aliphatic heterocycles. The van der Waals surface area contributed by atoms with Crippen molar-refractivity contribution in [3.05, 3.63) is 65.7 Å². The number of hydrogen-bond donors (Lipinski definition) is 2. The predicted molar refractivity (Wildman–Crippen MR) is 89.0 cm³/mol. The summed E-state index contributed by atoms with van der Waals surface area (Å²) in [7, 11) is 0. The molecule has 0 bridgehead atoms. The van der Waals surface area contributed by atoms with Crippen LogP contribution in [0.4, 0.5) is 10.5 Å². The van der Waals surface area contributed by atoms with E-state index in [0.717, 1.165) is 11.1 Å². The third kappa shape index (κ3) is 5.81. The highest BCUT2D eigenvalue weighted by Gasteiger charge is 2.07. The van der Waals surface area contributed by atoms with E-state index >= 15 is 0 Å². The molecule has 0 aliphatic rings. The van der Waals surface area contributed by atoms with Crippen LogP contribution in [0.3, 0.4) is 0 Å². The van der Waals surface area contributed by atoms with Crippen molar-refractivity contribution in [2.24, 2.45) is 0 Å². The number of carbonyl (C=O) groups is 2. The van der Waals surface area contributed by atoms with Gasteiger partial charge < -0.3 is 15.4 Å². The summed E-state index contributed by atoms with van der Waals surface area (Å²) in [5.74, 6) is -0.361. The van der Waals surface area contributed by atoms with Crippen molar-refractivity contribution in [1.82, 2.24) is 5.32 Å². The van der Waals surface area contributed by atoms with Gasteiger partial charge in [0, 0.05) is 5.69 Å². The van der Waals surface area contributed by atoms with Gasteiger partial charge in [-0.2, -0.15) is 5.26 Å². The van der Waals surface area contributed by atoms with E-state index in [1.807, 2.05) is 30.3 Å². The first-order valence-corrected chi connectivity index (χ1v) is 7.37. The molecule has 0 radical (unpaired) electrons. The number of benzene rings is 2. The Morgan fingerprint density at radius 2 is 1.71 bits per heavy atom. The summed E-state index contributed by atoms with van der Waals surface area (Å²) in [6.07, 6.45) is -0.332. The fourth-order valence-electron chi connectivity index (χ4n) is 1.93. The first-order chi connectivity index (χ1) is 11.7. The largest absolute Gasteiger partial charge is 0.445 e. The Labute approximate surface area is 140 Å². The number of nitrogens with one attached hydrogen (secondary N) is 2. The van der Waals surface area contributed by atoms with Crippen molar-refractivity contribution in [1.29, 1.82) is 5.26 Å². The molecule has 2 aromatic rings. The summed E-state index contributed by atoms with van der Waals surface area (Å²) in [5, 5.41) is 13.6. The van der Waals surface area contributed by atoms with Crippen molar-refractivity contribution in [3.8, 4) is 6.07 Å². The minimum absolute atomic E-state index is 0.147. The number of rotatable bonds is 6. The van der Waals surface area contributed by atoms with Gasteiger partial charge in [0.1, 0.15) is 13.2 Å². The molecule has 0 spiro atoms. The summed E-state index contributed by atoms with van der Waals surface area (Å²) in [4.78, 5) is 23.3. The molecule has 2 N–H and O–H groups in total. The second-order valence-electron chi connectivity index (χ2n) is 5.00. The Balaban J connectivity index is 1.70. The number of amides is 2. The summed E-state index contributed by atoms with van der Waals surface area (Å²) in [6.45, 7) is -0.0395. The number of nitrogens with zero attached hydrogens (tertiary/aromatic N) is 1. The van der Waals surface area contributed by atoms with E-state index in [4.69, 9.17) is 10.00 Å². The zero-order valence-electron chi connectivity index (χ0n) is 13.0. The van der Waals surface area contributed by atoms with E-state index in [-0.39, 0.29) is 19.1 Å². The SMILES string of the molecule is N#CCc1ccc(NC(=O)CNC(=O)OCc2ccccc2)cc1. The maximum Gasteiger partial charge on any atom is 0.407 e. The number of nitriles is 1. The zero-order chi connectivity index (χ0) is 17.2. The van der Waals surface area contributed by atoms with E-state index in [1.165, 1.54) is 0 Å². The molecular weight excluding hydrogens is 306 g/mol. The van der Waals surface area contributed by atoms with Crippen LogP contribution in [-0.4, -0.2) is 18.5 Å². The van der Waals surface area contributed by atoms with Crippen LogP contribution in [0.25, 0.3) is 0 Å². The highest BCUT2D eigenvalue weighted by Crippen LogP contribution is 2.09. The zero-order valence-corrected chi connectivity index (χ0v) is 13.0.